The molecule has 1 aliphatic heterocycles. The molecular weight excluding hydrogens is 573 g/mol. The Morgan fingerprint density at radius 1 is 0.867 bits per heavy atom. The van der Waals surface area contributed by atoms with E-state index in [1.54, 1.807) is 6.07 Å². The average molecular weight is 623 g/mol. The van der Waals surface area contributed by atoms with Crippen molar-refractivity contribution in [2.75, 3.05) is 19.6 Å². The second-order valence-corrected chi connectivity index (χ2v) is 12.8. The van der Waals surface area contributed by atoms with E-state index in [1.165, 1.54) is 75.6 Å². The minimum atomic E-state index is -4.60. The molecule has 0 spiro atoms. The lowest BCUT2D eigenvalue weighted by Crippen LogP contribution is -2.29. The van der Waals surface area contributed by atoms with Crippen molar-refractivity contribution in [2.45, 2.75) is 110 Å². The van der Waals surface area contributed by atoms with Crippen LogP contribution in [0.5, 0.6) is 0 Å². The summed E-state index contributed by atoms with van der Waals surface area (Å²) in [6, 6.07) is 13.2. The van der Waals surface area contributed by atoms with Gasteiger partial charge in [0.2, 0.25) is 5.56 Å². The molecule has 4 aromatic rings. The zero-order valence-electron chi connectivity index (χ0n) is 27.0. The second-order valence-electron chi connectivity index (χ2n) is 12.8. The Morgan fingerprint density at radius 3 is 2.31 bits per heavy atom. The summed E-state index contributed by atoms with van der Waals surface area (Å²) >= 11 is 0. The fourth-order valence-electron chi connectivity index (χ4n) is 7.23. The van der Waals surface area contributed by atoms with Crippen LogP contribution in [0, 0.1) is 6.92 Å². The Labute approximate surface area is 265 Å². The third kappa shape index (κ3) is 8.39. The number of piperidine rings is 1. The SMILES string of the molecule is CCc1c(C)c2c3c(C(F)(F)F)cc(=O)[nH]c3ccc2n1CCCCCCCCCNCc1cccc(CN2CCCCC2)c1. The van der Waals surface area contributed by atoms with Crippen molar-refractivity contribution < 1.29 is 13.2 Å². The lowest BCUT2D eigenvalue weighted by molar-refractivity contribution is -0.136. The van der Waals surface area contributed by atoms with Gasteiger partial charge in [0.1, 0.15) is 0 Å². The van der Waals surface area contributed by atoms with Crippen molar-refractivity contribution in [3.63, 3.8) is 0 Å². The van der Waals surface area contributed by atoms with Crippen LogP contribution in [0.4, 0.5) is 13.2 Å². The number of aromatic nitrogens is 2. The van der Waals surface area contributed by atoms with Crippen LogP contribution in [0.3, 0.4) is 0 Å². The maximum Gasteiger partial charge on any atom is 0.417 e. The van der Waals surface area contributed by atoms with E-state index in [4.69, 9.17) is 0 Å². The first-order valence-corrected chi connectivity index (χ1v) is 17.0. The van der Waals surface area contributed by atoms with Gasteiger partial charge in [0.05, 0.1) is 5.56 Å². The third-order valence-electron chi connectivity index (χ3n) is 9.46. The van der Waals surface area contributed by atoms with Crippen LogP contribution in [0.15, 0.2) is 47.3 Å². The van der Waals surface area contributed by atoms with Gasteiger partial charge in [-0.15, -0.1) is 0 Å². The molecule has 45 heavy (non-hydrogen) atoms. The topological polar surface area (TPSA) is 53.1 Å². The van der Waals surface area contributed by atoms with Gasteiger partial charge < -0.3 is 14.9 Å². The van der Waals surface area contributed by atoms with Gasteiger partial charge in [-0.3, -0.25) is 9.69 Å². The van der Waals surface area contributed by atoms with Crippen molar-refractivity contribution in [1.82, 2.24) is 19.8 Å². The highest BCUT2D eigenvalue weighted by Crippen LogP contribution is 2.39. The van der Waals surface area contributed by atoms with Crippen molar-refractivity contribution in [3.05, 3.63) is 80.8 Å². The lowest BCUT2D eigenvalue weighted by atomic mass is 10.0. The zero-order valence-corrected chi connectivity index (χ0v) is 27.0. The van der Waals surface area contributed by atoms with Crippen molar-refractivity contribution >= 4 is 21.8 Å². The summed E-state index contributed by atoms with van der Waals surface area (Å²) in [5.74, 6) is 0. The Morgan fingerprint density at radius 2 is 1.58 bits per heavy atom. The molecule has 1 aliphatic rings. The molecular formula is C37H49F3N4O. The number of pyridine rings is 1. The zero-order chi connectivity index (χ0) is 31.8. The van der Waals surface area contributed by atoms with Crippen LogP contribution in [0.25, 0.3) is 21.8 Å². The standard InChI is InChI=1S/C37H49F3N4O/c1-3-32-27(2)35-33(18-17-31-36(35)30(37(38,39)40)24-34(45)42-31)44(32)22-13-8-6-4-5-7-10-19-41-25-28-15-14-16-29(23-28)26-43-20-11-9-12-21-43/h14-18,23-24,41H,3-13,19-22,25-26H2,1-2H3,(H,42,45). The highest BCUT2D eigenvalue weighted by molar-refractivity contribution is 6.09. The number of alkyl halides is 3. The van der Waals surface area contributed by atoms with Gasteiger partial charge in [-0.1, -0.05) is 69.7 Å². The molecule has 5 nitrogen and oxygen atoms in total. The number of fused-ring (bicyclic) bond motifs is 3. The summed E-state index contributed by atoms with van der Waals surface area (Å²) in [7, 11) is 0. The predicted octanol–water partition coefficient (Wildman–Crippen LogP) is 8.88. The van der Waals surface area contributed by atoms with E-state index in [0.717, 1.165) is 62.2 Å². The Hall–Kier alpha value is -3.10. The molecule has 0 unspecified atom stereocenters. The quantitative estimate of drug-likeness (QED) is 0.130. The van der Waals surface area contributed by atoms with Crippen molar-refractivity contribution in [1.29, 1.82) is 0 Å². The van der Waals surface area contributed by atoms with E-state index < -0.39 is 17.3 Å². The predicted molar refractivity (Wildman–Crippen MR) is 179 cm³/mol. The van der Waals surface area contributed by atoms with E-state index in [0.29, 0.717) is 11.5 Å². The maximum atomic E-state index is 14.0. The molecule has 0 saturated carbocycles. The van der Waals surface area contributed by atoms with Gasteiger partial charge in [0.15, 0.2) is 0 Å². The fraction of sp³-hybridized carbons (Fsp3) is 0.541. The molecule has 1 fully saturated rings. The molecule has 0 radical (unpaired) electrons. The minimum Gasteiger partial charge on any atom is -0.344 e. The fourth-order valence-corrected chi connectivity index (χ4v) is 7.23. The van der Waals surface area contributed by atoms with Gasteiger partial charge in [-0.05, 0) is 87.5 Å². The number of nitrogens with one attached hydrogen (secondary N) is 2. The highest BCUT2D eigenvalue weighted by atomic mass is 19.4. The number of H-pyrrole nitrogens is 1. The summed E-state index contributed by atoms with van der Waals surface area (Å²) in [5, 5.41) is 4.32. The molecule has 2 aromatic heterocycles. The molecule has 2 aromatic carbocycles. The summed E-state index contributed by atoms with van der Waals surface area (Å²) in [6.07, 6.45) is 8.25. The minimum absolute atomic E-state index is 0.0985. The maximum absolute atomic E-state index is 14.0. The van der Waals surface area contributed by atoms with Gasteiger partial charge >= 0.3 is 6.18 Å². The molecule has 244 valence electrons. The van der Waals surface area contributed by atoms with Gasteiger partial charge in [-0.2, -0.15) is 13.2 Å². The smallest absolute Gasteiger partial charge is 0.344 e. The van der Waals surface area contributed by atoms with E-state index >= 15 is 0 Å². The summed E-state index contributed by atoms with van der Waals surface area (Å²) < 4.78 is 44.1. The average Bonchev–Trinajstić information content (AvgIpc) is 3.29. The molecule has 0 atom stereocenters. The summed E-state index contributed by atoms with van der Waals surface area (Å²) in [5.41, 5.74) is 4.18. The molecule has 0 amide bonds. The van der Waals surface area contributed by atoms with Crippen LogP contribution in [-0.4, -0.2) is 34.1 Å². The lowest BCUT2D eigenvalue weighted by Gasteiger charge is -2.26. The monoisotopic (exact) mass is 622 g/mol. The number of hydrogen-bond acceptors (Lipinski definition) is 3. The molecule has 5 rings (SSSR count). The highest BCUT2D eigenvalue weighted by Gasteiger charge is 2.34. The summed E-state index contributed by atoms with van der Waals surface area (Å²) in [6.45, 7) is 10.2. The number of benzene rings is 2. The number of unbranched alkanes of at least 4 members (excludes halogenated alkanes) is 6. The van der Waals surface area contributed by atoms with E-state index in [-0.39, 0.29) is 10.9 Å². The van der Waals surface area contributed by atoms with E-state index in [9.17, 15) is 18.0 Å². The second kappa shape index (κ2) is 15.5. The van der Waals surface area contributed by atoms with Gasteiger partial charge in [0.25, 0.3) is 0 Å². The van der Waals surface area contributed by atoms with Crippen LogP contribution in [-0.2, 0) is 32.2 Å². The number of halogens is 3. The number of rotatable bonds is 15. The first-order valence-electron chi connectivity index (χ1n) is 17.0. The van der Waals surface area contributed by atoms with Gasteiger partial charge in [-0.25, -0.2) is 0 Å². The van der Waals surface area contributed by atoms with Crippen LogP contribution in [0.1, 0.15) is 99.1 Å². The Kier molecular flexibility index (Phi) is 11.4. The summed E-state index contributed by atoms with van der Waals surface area (Å²) in [4.78, 5) is 17.1. The molecule has 1 saturated heterocycles. The molecule has 3 heterocycles. The van der Waals surface area contributed by atoms with Crippen molar-refractivity contribution in [2.24, 2.45) is 0 Å². The van der Waals surface area contributed by atoms with E-state index in [2.05, 4.69) is 51.0 Å². The molecule has 0 aliphatic carbocycles. The van der Waals surface area contributed by atoms with Gasteiger partial charge in [0, 0.05) is 53.2 Å². The van der Waals surface area contributed by atoms with Crippen LogP contribution < -0.4 is 10.9 Å². The number of aromatic amines is 1. The first kappa shape index (κ1) is 33.3. The molecule has 8 heteroatoms. The molecule has 0 bridgehead atoms. The normalized spacial score (nSPS) is 14.6. The Bertz CT molecular complexity index is 1610. The van der Waals surface area contributed by atoms with E-state index in [1.807, 2.05) is 13.0 Å². The van der Waals surface area contributed by atoms with Crippen molar-refractivity contribution in [3.8, 4) is 0 Å². The number of aryl methyl sites for hydroxylation is 2. The number of nitrogens with zero attached hydrogens (tertiary/aromatic N) is 2. The Balaban J connectivity index is 1.04. The first-order chi connectivity index (χ1) is 21.8. The molecule has 2 N–H and O–H groups in total. The number of hydrogen-bond donors (Lipinski definition) is 2. The van der Waals surface area contributed by atoms with Crippen LogP contribution in [0.2, 0.25) is 0 Å². The largest absolute Gasteiger partial charge is 0.417 e. The third-order valence-corrected chi connectivity index (χ3v) is 9.46. The number of likely N-dealkylation sites (tertiary alicyclic amines) is 1. The van der Waals surface area contributed by atoms with Crippen LogP contribution >= 0.6 is 0 Å².